The number of halogens is 2. The van der Waals surface area contributed by atoms with Crippen molar-refractivity contribution in [3.05, 3.63) is 70.7 Å². The standard InChI is InChI=1S/C23H29FN4O2S.HI/c1-4-25-23(26-11-10-17-13-27-21-7-5-6-16(2)22(17)21)28-14-19-12-20(24)9-8-18(19)15-31(3,29)30;/h5-9,12-13,27H,4,10-11,14-15H2,1-3H3,(H2,25,26,28);1H. The molecule has 0 amide bonds. The zero-order valence-electron chi connectivity index (χ0n) is 18.5. The van der Waals surface area contributed by atoms with E-state index in [2.05, 4.69) is 39.7 Å². The van der Waals surface area contributed by atoms with E-state index in [4.69, 9.17) is 0 Å². The van der Waals surface area contributed by atoms with Gasteiger partial charge in [0.1, 0.15) is 5.82 Å². The highest BCUT2D eigenvalue weighted by atomic mass is 127. The van der Waals surface area contributed by atoms with Crippen molar-refractivity contribution in [3.63, 3.8) is 0 Å². The Morgan fingerprint density at radius 2 is 1.91 bits per heavy atom. The molecule has 0 unspecified atom stereocenters. The number of H-pyrrole nitrogens is 1. The number of nitrogens with zero attached hydrogens (tertiary/aromatic N) is 1. The van der Waals surface area contributed by atoms with Crippen LogP contribution >= 0.6 is 24.0 Å². The van der Waals surface area contributed by atoms with E-state index in [-0.39, 0.29) is 36.3 Å². The quantitative estimate of drug-likeness (QED) is 0.216. The van der Waals surface area contributed by atoms with Crippen LogP contribution in [0, 0.1) is 12.7 Å². The Morgan fingerprint density at radius 1 is 1.12 bits per heavy atom. The van der Waals surface area contributed by atoms with Gasteiger partial charge in [-0.1, -0.05) is 18.2 Å². The van der Waals surface area contributed by atoms with Gasteiger partial charge in [-0.2, -0.15) is 0 Å². The van der Waals surface area contributed by atoms with Crippen molar-refractivity contribution in [1.29, 1.82) is 0 Å². The van der Waals surface area contributed by atoms with Gasteiger partial charge in [0.05, 0.1) is 12.3 Å². The molecule has 174 valence electrons. The number of hydrogen-bond acceptors (Lipinski definition) is 3. The predicted octanol–water partition coefficient (Wildman–Crippen LogP) is 4.08. The molecule has 0 saturated heterocycles. The number of sulfone groups is 1. The zero-order valence-corrected chi connectivity index (χ0v) is 21.7. The van der Waals surface area contributed by atoms with Crippen molar-refractivity contribution in [2.75, 3.05) is 19.3 Å². The molecule has 1 heterocycles. The maximum Gasteiger partial charge on any atom is 0.191 e. The van der Waals surface area contributed by atoms with Crippen molar-refractivity contribution >= 4 is 50.7 Å². The highest BCUT2D eigenvalue weighted by molar-refractivity contribution is 14.0. The molecule has 9 heteroatoms. The van der Waals surface area contributed by atoms with Crippen LogP contribution in [0.3, 0.4) is 0 Å². The molecule has 32 heavy (non-hydrogen) atoms. The molecule has 0 radical (unpaired) electrons. The summed E-state index contributed by atoms with van der Waals surface area (Å²) < 4.78 is 37.1. The number of aliphatic imine (C=N–C) groups is 1. The van der Waals surface area contributed by atoms with E-state index in [9.17, 15) is 12.8 Å². The molecule has 0 fully saturated rings. The number of benzene rings is 2. The van der Waals surface area contributed by atoms with Crippen LogP contribution in [-0.4, -0.2) is 38.7 Å². The lowest BCUT2D eigenvalue weighted by molar-refractivity contribution is 0.600. The average Bonchev–Trinajstić information content (AvgIpc) is 3.11. The second-order valence-electron chi connectivity index (χ2n) is 7.67. The Kier molecular flexibility index (Phi) is 9.50. The largest absolute Gasteiger partial charge is 0.361 e. The summed E-state index contributed by atoms with van der Waals surface area (Å²) in [6.07, 6.45) is 4.02. The van der Waals surface area contributed by atoms with E-state index in [1.807, 2.05) is 19.2 Å². The summed E-state index contributed by atoms with van der Waals surface area (Å²) in [5.74, 6) is 0.0610. The molecule has 3 rings (SSSR count). The fourth-order valence-electron chi connectivity index (χ4n) is 3.63. The Balaban J connectivity index is 0.00000363. The van der Waals surface area contributed by atoms with Gasteiger partial charge in [0.2, 0.25) is 0 Å². The SMILES string of the molecule is CCNC(=NCc1cc(F)ccc1CS(C)(=O)=O)NCCc1c[nH]c2cccc(C)c12.I. The minimum Gasteiger partial charge on any atom is -0.361 e. The smallest absolute Gasteiger partial charge is 0.191 e. The van der Waals surface area contributed by atoms with Crippen molar-refractivity contribution in [2.45, 2.75) is 32.6 Å². The minimum atomic E-state index is -3.23. The van der Waals surface area contributed by atoms with Crippen LogP contribution in [0.15, 0.2) is 47.6 Å². The molecule has 3 aromatic rings. The Bertz CT molecular complexity index is 1190. The summed E-state index contributed by atoms with van der Waals surface area (Å²) in [5.41, 5.74) is 4.73. The molecule has 0 atom stereocenters. The van der Waals surface area contributed by atoms with E-state index in [1.165, 1.54) is 41.0 Å². The molecule has 0 aliphatic rings. The van der Waals surface area contributed by atoms with E-state index < -0.39 is 15.7 Å². The first-order chi connectivity index (χ1) is 14.8. The Hall–Kier alpha value is -2.14. The van der Waals surface area contributed by atoms with Gasteiger partial charge in [-0.3, -0.25) is 0 Å². The number of nitrogens with one attached hydrogen (secondary N) is 3. The van der Waals surface area contributed by atoms with Gasteiger partial charge >= 0.3 is 0 Å². The van der Waals surface area contributed by atoms with Crippen molar-refractivity contribution < 1.29 is 12.8 Å². The van der Waals surface area contributed by atoms with Gasteiger partial charge in [-0.25, -0.2) is 17.8 Å². The molecule has 0 spiro atoms. The van der Waals surface area contributed by atoms with Gasteiger partial charge in [0, 0.05) is 36.4 Å². The Morgan fingerprint density at radius 3 is 2.62 bits per heavy atom. The number of aromatic nitrogens is 1. The molecule has 0 saturated carbocycles. The van der Waals surface area contributed by atoms with Gasteiger partial charge in [-0.15, -0.1) is 24.0 Å². The highest BCUT2D eigenvalue weighted by Crippen LogP contribution is 2.22. The van der Waals surface area contributed by atoms with Crippen LogP contribution < -0.4 is 10.6 Å². The fourth-order valence-corrected chi connectivity index (χ4v) is 4.48. The van der Waals surface area contributed by atoms with Crippen LogP contribution in [0.1, 0.15) is 29.2 Å². The molecule has 0 aliphatic carbocycles. The molecule has 6 nitrogen and oxygen atoms in total. The average molecular weight is 572 g/mol. The molecule has 1 aromatic heterocycles. The summed E-state index contributed by atoms with van der Waals surface area (Å²) in [6.45, 7) is 5.61. The van der Waals surface area contributed by atoms with Crippen LogP contribution in [0.2, 0.25) is 0 Å². The van der Waals surface area contributed by atoms with E-state index >= 15 is 0 Å². The van der Waals surface area contributed by atoms with E-state index in [0.717, 1.165) is 11.9 Å². The molecule has 2 aromatic carbocycles. The number of rotatable bonds is 8. The number of fused-ring (bicyclic) bond motifs is 1. The lowest BCUT2D eigenvalue weighted by Gasteiger charge is -2.12. The molecule has 0 aliphatic heterocycles. The first-order valence-corrected chi connectivity index (χ1v) is 12.4. The molecule has 3 N–H and O–H groups in total. The highest BCUT2D eigenvalue weighted by Gasteiger charge is 2.11. The topological polar surface area (TPSA) is 86.3 Å². The summed E-state index contributed by atoms with van der Waals surface area (Å²) in [6, 6.07) is 10.4. The van der Waals surface area contributed by atoms with Gasteiger partial charge < -0.3 is 15.6 Å². The zero-order chi connectivity index (χ0) is 22.4. The first kappa shape index (κ1) is 26.1. The minimum absolute atomic E-state index is 0. The van der Waals surface area contributed by atoms with Gasteiger partial charge in [-0.05, 0) is 60.7 Å². The summed E-state index contributed by atoms with van der Waals surface area (Å²) in [5, 5.41) is 7.74. The summed E-state index contributed by atoms with van der Waals surface area (Å²) in [7, 11) is -3.23. The number of aryl methyl sites for hydroxylation is 1. The van der Waals surface area contributed by atoms with E-state index in [0.29, 0.717) is 30.2 Å². The van der Waals surface area contributed by atoms with E-state index in [1.54, 1.807) is 0 Å². The van der Waals surface area contributed by atoms with Crippen molar-refractivity contribution in [3.8, 4) is 0 Å². The predicted molar refractivity (Wildman–Crippen MR) is 140 cm³/mol. The lowest BCUT2D eigenvalue weighted by atomic mass is 10.1. The second-order valence-corrected chi connectivity index (χ2v) is 9.81. The summed E-state index contributed by atoms with van der Waals surface area (Å²) in [4.78, 5) is 7.85. The number of guanidine groups is 1. The number of hydrogen-bond donors (Lipinski definition) is 3. The maximum absolute atomic E-state index is 13.7. The number of aromatic amines is 1. The molecule has 0 bridgehead atoms. The lowest BCUT2D eigenvalue weighted by Crippen LogP contribution is -2.38. The van der Waals surface area contributed by atoms with Crippen LogP contribution in [-0.2, 0) is 28.6 Å². The van der Waals surface area contributed by atoms with Crippen LogP contribution in [0.5, 0.6) is 0 Å². The fraction of sp³-hybridized carbons (Fsp3) is 0.348. The van der Waals surface area contributed by atoms with Crippen molar-refractivity contribution in [2.24, 2.45) is 4.99 Å². The summed E-state index contributed by atoms with van der Waals surface area (Å²) >= 11 is 0. The van der Waals surface area contributed by atoms with Crippen molar-refractivity contribution in [1.82, 2.24) is 15.6 Å². The van der Waals surface area contributed by atoms with Crippen LogP contribution in [0.4, 0.5) is 4.39 Å². The first-order valence-electron chi connectivity index (χ1n) is 10.3. The third-order valence-corrected chi connectivity index (χ3v) is 5.86. The Labute approximate surface area is 206 Å². The molecular formula is C23H30FIN4O2S. The molecular weight excluding hydrogens is 542 g/mol. The second kappa shape index (κ2) is 11.6. The third-order valence-electron chi connectivity index (χ3n) is 5.02. The van der Waals surface area contributed by atoms with Crippen LogP contribution in [0.25, 0.3) is 10.9 Å². The third kappa shape index (κ3) is 7.19. The monoisotopic (exact) mass is 572 g/mol. The van der Waals surface area contributed by atoms with Gasteiger partial charge in [0.15, 0.2) is 15.8 Å². The maximum atomic E-state index is 13.7. The normalized spacial score (nSPS) is 11.9. The van der Waals surface area contributed by atoms with Gasteiger partial charge in [0.25, 0.3) is 0 Å².